The second-order valence-electron chi connectivity index (χ2n) is 2.90. The minimum absolute atomic E-state index is 0.0343. The van der Waals surface area contributed by atoms with Crippen molar-refractivity contribution < 1.29 is 24.4 Å². The normalized spacial score (nSPS) is 9.71. The number of non-ortho nitro benzene ring substituents is 1. The molecule has 0 aliphatic heterocycles. The van der Waals surface area contributed by atoms with E-state index in [-0.39, 0.29) is 21.5 Å². The van der Waals surface area contributed by atoms with Gasteiger partial charge in [-0.2, -0.15) is 0 Å². The van der Waals surface area contributed by atoms with Gasteiger partial charge in [0.1, 0.15) is 5.75 Å². The van der Waals surface area contributed by atoms with E-state index in [1.807, 2.05) is 0 Å². The molecule has 0 saturated carbocycles. The first-order chi connectivity index (χ1) is 7.95. The number of carbonyl (C=O) groups excluding carboxylic acids is 1. The third-order valence-electron chi connectivity index (χ3n) is 1.73. The van der Waals surface area contributed by atoms with Crippen molar-refractivity contribution >= 4 is 33.9 Å². The van der Waals surface area contributed by atoms with Gasteiger partial charge in [0, 0.05) is 12.1 Å². The van der Waals surface area contributed by atoms with E-state index >= 15 is 0 Å². The Kier molecular flexibility index (Phi) is 4.16. The van der Waals surface area contributed by atoms with Gasteiger partial charge in [0.15, 0.2) is 12.9 Å². The van der Waals surface area contributed by atoms with Crippen LogP contribution >= 0.6 is 15.9 Å². The predicted molar refractivity (Wildman–Crippen MR) is 59.3 cm³/mol. The first kappa shape index (κ1) is 13.1. The number of hydrogen-bond acceptors (Lipinski definition) is 5. The van der Waals surface area contributed by atoms with Crippen LogP contribution in [0.15, 0.2) is 16.6 Å². The zero-order valence-electron chi connectivity index (χ0n) is 8.25. The van der Waals surface area contributed by atoms with E-state index in [4.69, 9.17) is 9.84 Å². The standard InChI is InChI=1S/C9H6BrNO6/c10-7-2-6(11(15)16)1-5(3-12)9(7)17-4-8(13)14/h1-3H,4H2,(H,13,14). The maximum absolute atomic E-state index is 10.7. The fourth-order valence-electron chi connectivity index (χ4n) is 1.08. The summed E-state index contributed by atoms with van der Waals surface area (Å²) >= 11 is 2.98. The molecular formula is C9H6BrNO6. The summed E-state index contributed by atoms with van der Waals surface area (Å²) in [6, 6.07) is 2.14. The highest BCUT2D eigenvalue weighted by Crippen LogP contribution is 2.32. The summed E-state index contributed by atoms with van der Waals surface area (Å²) in [5, 5.41) is 19.0. The van der Waals surface area contributed by atoms with E-state index in [2.05, 4.69) is 15.9 Å². The second kappa shape index (κ2) is 5.39. The van der Waals surface area contributed by atoms with Gasteiger partial charge in [-0.05, 0) is 15.9 Å². The minimum atomic E-state index is -1.22. The van der Waals surface area contributed by atoms with Crippen molar-refractivity contribution in [2.45, 2.75) is 0 Å². The van der Waals surface area contributed by atoms with Crippen LogP contribution in [0.5, 0.6) is 5.75 Å². The molecule has 0 atom stereocenters. The van der Waals surface area contributed by atoms with Crippen LogP contribution in [0.3, 0.4) is 0 Å². The highest BCUT2D eigenvalue weighted by Gasteiger charge is 2.16. The van der Waals surface area contributed by atoms with Gasteiger partial charge in [-0.15, -0.1) is 0 Å². The molecule has 90 valence electrons. The number of nitro groups is 1. The molecule has 0 radical (unpaired) electrons. The molecule has 0 amide bonds. The fraction of sp³-hybridized carbons (Fsp3) is 0.111. The number of halogens is 1. The molecule has 0 fully saturated rings. The molecule has 0 aliphatic rings. The summed E-state index contributed by atoms with van der Waals surface area (Å²) in [5.41, 5.74) is -0.381. The van der Waals surface area contributed by atoms with Crippen LogP contribution in [0, 0.1) is 10.1 Å². The van der Waals surface area contributed by atoms with Crippen LogP contribution in [0.1, 0.15) is 10.4 Å². The Bertz CT molecular complexity index is 487. The molecule has 1 aromatic carbocycles. The molecule has 0 aliphatic carbocycles. The Balaban J connectivity index is 3.16. The second-order valence-corrected chi connectivity index (χ2v) is 3.76. The maximum atomic E-state index is 10.7. The number of aliphatic carboxylic acids is 1. The quantitative estimate of drug-likeness (QED) is 0.503. The van der Waals surface area contributed by atoms with E-state index in [0.29, 0.717) is 6.29 Å². The lowest BCUT2D eigenvalue weighted by Gasteiger charge is -2.08. The number of benzene rings is 1. The van der Waals surface area contributed by atoms with Crippen LogP contribution in [-0.4, -0.2) is 28.9 Å². The molecule has 8 heteroatoms. The lowest BCUT2D eigenvalue weighted by Crippen LogP contribution is -2.11. The monoisotopic (exact) mass is 303 g/mol. The Hall–Kier alpha value is -1.96. The van der Waals surface area contributed by atoms with E-state index in [0.717, 1.165) is 12.1 Å². The lowest BCUT2D eigenvalue weighted by molar-refractivity contribution is -0.385. The summed E-state index contributed by atoms with van der Waals surface area (Å²) < 4.78 is 5.00. The van der Waals surface area contributed by atoms with Gasteiger partial charge < -0.3 is 9.84 Å². The van der Waals surface area contributed by atoms with Gasteiger partial charge in [-0.3, -0.25) is 14.9 Å². The lowest BCUT2D eigenvalue weighted by atomic mass is 10.2. The Morgan fingerprint density at radius 2 is 2.24 bits per heavy atom. The molecule has 0 spiro atoms. The van der Waals surface area contributed by atoms with Crippen LogP contribution < -0.4 is 4.74 Å². The summed E-state index contributed by atoms with van der Waals surface area (Å²) in [6.07, 6.45) is 0.356. The molecular weight excluding hydrogens is 298 g/mol. The largest absolute Gasteiger partial charge is 0.480 e. The topological polar surface area (TPSA) is 107 Å². The fourth-order valence-corrected chi connectivity index (χ4v) is 1.66. The maximum Gasteiger partial charge on any atom is 0.341 e. The van der Waals surface area contributed by atoms with Crippen molar-refractivity contribution in [1.82, 2.24) is 0 Å². The molecule has 0 unspecified atom stereocenters. The smallest absolute Gasteiger partial charge is 0.341 e. The number of carboxylic acids is 1. The van der Waals surface area contributed by atoms with Gasteiger partial charge in [-0.1, -0.05) is 0 Å². The van der Waals surface area contributed by atoms with Gasteiger partial charge in [0.05, 0.1) is 15.0 Å². The van der Waals surface area contributed by atoms with Crippen LogP contribution in [0.2, 0.25) is 0 Å². The minimum Gasteiger partial charge on any atom is -0.480 e. The Morgan fingerprint density at radius 3 is 2.71 bits per heavy atom. The molecule has 0 aromatic heterocycles. The van der Waals surface area contributed by atoms with Gasteiger partial charge in [0.25, 0.3) is 5.69 Å². The zero-order valence-corrected chi connectivity index (χ0v) is 9.84. The molecule has 1 N–H and O–H groups in total. The average Bonchev–Trinajstić information content (AvgIpc) is 2.25. The molecule has 7 nitrogen and oxygen atoms in total. The zero-order chi connectivity index (χ0) is 13.0. The number of ether oxygens (including phenoxy) is 1. The Morgan fingerprint density at radius 1 is 1.59 bits per heavy atom. The van der Waals surface area contributed by atoms with Crippen molar-refractivity contribution in [2.24, 2.45) is 0 Å². The number of carboxylic acid groups (broad SMARTS) is 1. The summed E-state index contributed by atoms with van der Waals surface area (Å²) in [4.78, 5) is 30.9. The van der Waals surface area contributed by atoms with Gasteiger partial charge in [0.2, 0.25) is 0 Å². The van der Waals surface area contributed by atoms with Crippen LogP contribution in [0.4, 0.5) is 5.69 Å². The number of carbonyl (C=O) groups is 2. The molecule has 1 rings (SSSR count). The first-order valence-corrected chi connectivity index (χ1v) is 5.02. The summed E-state index contributed by atoms with van der Waals surface area (Å²) in [7, 11) is 0. The van der Waals surface area contributed by atoms with Crippen LogP contribution in [0.25, 0.3) is 0 Å². The number of hydrogen-bond donors (Lipinski definition) is 1. The molecule has 1 aromatic rings. The molecule has 17 heavy (non-hydrogen) atoms. The Labute approximate surface area is 103 Å². The number of nitrogens with zero attached hydrogens (tertiary/aromatic N) is 1. The number of aldehydes is 1. The van der Waals surface area contributed by atoms with E-state index in [9.17, 15) is 19.7 Å². The highest BCUT2D eigenvalue weighted by atomic mass is 79.9. The number of nitro benzene ring substituents is 1. The van der Waals surface area contributed by atoms with Crippen molar-refractivity contribution in [1.29, 1.82) is 0 Å². The van der Waals surface area contributed by atoms with Gasteiger partial charge >= 0.3 is 5.97 Å². The summed E-state index contributed by atoms with van der Waals surface area (Å²) in [6.45, 7) is -0.642. The third kappa shape index (κ3) is 3.25. The molecule has 0 heterocycles. The van der Waals surface area contributed by atoms with E-state index < -0.39 is 17.5 Å². The van der Waals surface area contributed by atoms with Gasteiger partial charge in [-0.25, -0.2) is 4.79 Å². The van der Waals surface area contributed by atoms with Crippen molar-refractivity contribution in [2.75, 3.05) is 6.61 Å². The highest BCUT2D eigenvalue weighted by molar-refractivity contribution is 9.10. The van der Waals surface area contributed by atoms with Crippen molar-refractivity contribution in [3.8, 4) is 5.75 Å². The van der Waals surface area contributed by atoms with Crippen molar-refractivity contribution in [3.63, 3.8) is 0 Å². The first-order valence-electron chi connectivity index (χ1n) is 4.23. The SMILES string of the molecule is O=Cc1cc([N+](=O)[O-])cc(Br)c1OCC(=O)O. The predicted octanol–water partition coefficient (Wildman–Crippen LogP) is 1.63. The molecule has 0 bridgehead atoms. The summed E-state index contributed by atoms with van der Waals surface area (Å²) in [5.74, 6) is -1.25. The third-order valence-corrected chi connectivity index (χ3v) is 2.32. The average molecular weight is 304 g/mol. The molecule has 0 saturated heterocycles. The number of rotatable bonds is 5. The van der Waals surface area contributed by atoms with Crippen molar-refractivity contribution in [3.05, 3.63) is 32.3 Å². The van der Waals surface area contributed by atoms with E-state index in [1.165, 1.54) is 0 Å². The van der Waals surface area contributed by atoms with E-state index in [1.54, 1.807) is 0 Å². The van der Waals surface area contributed by atoms with Crippen LogP contribution in [-0.2, 0) is 4.79 Å².